The van der Waals surface area contributed by atoms with Gasteiger partial charge in [-0.1, -0.05) is 18.7 Å². The Morgan fingerprint density at radius 3 is 3.17 bits per heavy atom. The molecule has 3 saturated heterocycles. The fourth-order valence-corrected chi connectivity index (χ4v) is 4.23. The minimum atomic E-state index is -0.247. The first-order valence-corrected chi connectivity index (χ1v) is 5.15. The fourth-order valence-electron chi connectivity index (χ4n) is 2.48. The van der Waals surface area contributed by atoms with Crippen LogP contribution in [-0.2, 0) is 9.53 Å². The third kappa shape index (κ3) is 0.412. The molecule has 12 heavy (non-hydrogen) atoms. The number of carbonyl (C=O) groups is 1. The molecule has 3 atom stereocenters. The van der Waals surface area contributed by atoms with Gasteiger partial charge in [0.15, 0.2) is 0 Å². The van der Waals surface area contributed by atoms with Gasteiger partial charge >= 0.3 is 0 Å². The Kier molecular flexibility index (Phi) is 1.01. The number of amides is 1. The van der Waals surface area contributed by atoms with E-state index in [1.807, 2.05) is 11.8 Å². The van der Waals surface area contributed by atoms with E-state index in [1.54, 1.807) is 11.8 Å². The van der Waals surface area contributed by atoms with E-state index in [-0.39, 0.29) is 16.4 Å². The molecule has 1 spiro atoms. The lowest BCUT2D eigenvalue weighted by atomic mass is 9.74. The number of hydrogen-bond acceptors (Lipinski definition) is 3. The Labute approximate surface area is 75.4 Å². The van der Waals surface area contributed by atoms with Crippen LogP contribution in [0.25, 0.3) is 0 Å². The van der Waals surface area contributed by atoms with Crippen molar-refractivity contribution in [3.63, 3.8) is 0 Å². The van der Waals surface area contributed by atoms with Crippen molar-refractivity contribution in [1.29, 1.82) is 0 Å². The van der Waals surface area contributed by atoms with Gasteiger partial charge in [-0.15, -0.1) is 0 Å². The van der Waals surface area contributed by atoms with Crippen molar-refractivity contribution in [2.24, 2.45) is 5.41 Å². The third-order valence-corrected chi connectivity index (χ3v) is 5.37. The van der Waals surface area contributed by atoms with Crippen LogP contribution in [0.5, 0.6) is 0 Å². The Hall–Kier alpha value is -0.220. The molecule has 0 radical (unpaired) electrons. The van der Waals surface area contributed by atoms with E-state index in [0.29, 0.717) is 11.9 Å². The normalized spacial score (nSPS) is 55.7. The van der Waals surface area contributed by atoms with Gasteiger partial charge in [-0.05, 0) is 6.92 Å². The van der Waals surface area contributed by atoms with Crippen LogP contribution >= 0.6 is 11.8 Å². The van der Waals surface area contributed by atoms with Gasteiger partial charge in [0.2, 0.25) is 11.0 Å². The Morgan fingerprint density at radius 1 is 1.75 bits per heavy atom. The maximum atomic E-state index is 11.7. The van der Waals surface area contributed by atoms with E-state index in [2.05, 4.69) is 6.92 Å². The van der Waals surface area contributed by atoms with Crippen molar-refractivity contribution in [2.45, 2.75) is 24.2 Å². The van der Waals surface area contributed by atoms with Gasteiger partial charge in [-0.3, -0.25) is 4.79 Å². The van der Waals surface area contributed by atoms with Crippen LogP contribution in [0.1, 0.15) is 13.8 Å². The molecule has 0 N–H and O–H groups in total. The van der Waals surface area contributed by atoms with Crippen molar-refractivity contribution in [2.75, 3.05) is 13.2 Å². The summed E-state index contributed by atoms with van der Waals surface area (Å²) in [4.78, 5) is 13.5. The summed E-state index contributed by atoms with van der Waals surface area (Å²) in [5.74, 6) is 0.284. The molecule has 3 heterocycles. The molecular formula is C8H11NO2S. The maximum absolute atomic E-state index is 11.7. The van der Waals surface area contributed by atoms with Gasteiger partial charge in [-0.2, -0.15) is 0 Å². The number of carbonyl (C=O) groups excluding carboxylic acids is 1. The molecule has 0 saturated carbocycles. The van der Waals surface area contributed by atoms with Gasteiger partial charge in [0.25, 0.3) is 0 Å². The molecule has 3 aliphatic rings. The molecule has 3 nitrogen and oxygen atoms in total. The average molecular weight is 185 g/mol. The standard InChI is InChI=1S/C8H11NO2S/c1-5-7(2)6(10)9-3-4-11-8(7,9)12-5/h5H,3-4H2,1-2H3/t5-,7+,8+/m1/s1. The van der Waals surface area contributed by atoms with Gasteiger partial charge in [0.1, 0.15) is 5.41 Å². The average Bonchev–Trinajstić information content (AvgIpc) is 2.47. The summed E-state index contributed by atoms with van der Waals surface area (Å²) in [7, 11) is 0. The summed E-state index contributed by atoms with van der Waals surface area (Å²) in [6.45, 7) is 5.63. The van der Waals surface area contributed by atoms with Crippen LogP contribution in [0.15, 0.2) is 0 Å². The Balaban J connectivity index is 2.05. The molecule has 4 heteroatoms. The van der Waals surface area contributed by atoms with Gasteiger partial charge in [0.05, 0.1) is 6.61 Å². The summed E-state index contributed by atoms with van der Waals surface area (Å²) >= 11 is 1.78. The zero-order valence-corrected chi connectivity index (χ0v) is 7.98. The number of thioether (sulfide) groups is 1. The SMILES string of the molecule is C[C@H]1S[C@]23OCCN2C(=O)[C@]13C. The van der Waals surface area contributed by atoms with E-state index < -0.39 is 0 Å². The summed E-state index contributed by atoms with van der Waals surface area (Å²) in [5, 5.41) is 0.170. The Morgan fingerprint density at radius 2 is 2.50 bits per heavy atom. The van der Waals surface area contributed by atoms with Crippen molar-refractivity contribution in [3.8, 4) is 0 Å². The molecule has 66 valence electrons. The predicted molar refractivity (Wildman–Crippen MR) is 45.6 cm³/mol. The zero-order valence-electron chi connectivity index (χ0n) is 7.16. The molecule has 1 amide bonds. The van der Waals surface area contributed by atoms with E-state index in [1.165, 1.54) is 0 Å². The smallest absolute Gasteiger partial charge is 0.238 e. The molecule has 0 unspecified atom stereocenters. The number of ether oxygens (including phenoxy) is 1. The number of β-lactam (4-membered cyclic amide) rings is 1. The van der Waals surface area contributed by atoms with E-state index in [9.17, 15) is 4.79 Å². The number of rotatable bonds is 0. The highest BCUT2D eigenvalue weighted by atomic mass is 32.2. The second-order valence-electron chi connectivity index (χ2n) is 3.85. The summed E-state index contributed by atoms with van der Waals surface area (Å²) in [6.07, 6.45) is 0. The molecule has 0 aromatic heterocycles. The molecule has 3 rings (SSSR count). The highest BCUT2D eigenvalue weighted by Gasteiger charge is 2.81. The molecule has 3 fully saturated rings. The first-order chi connectivity index (χ1) is 5.63. The second-order valence-corrected chi connectivity index (χ2v) is 5.35. The van der Waals surface area contributed by atoms with Crippen LogP contribution in [0.3, 0.4) is 0 Å². The van der Waals surface area contributed by atoms with Crippen molar-refractivity contribution < 1.29 is 9.53 Å². The summed E-state index contributed by atoms with van der Waals surface area (Å²) in [6, 6.07) is 0. The lowest BCUT2D eigenvalue weighted by Gasteiger charge is -2.68. The van der Waals surface area contributed by atoms with Crippen molar-refractivity contribution in [3.05, 3.63) is 0 Å². The minimum Gasteiger partial charge on any atom is -0.343 e. The highest BCUT2D eigenvalue weighted by molar-refractivity contribution is 8.02. The fraction of sp³-hybridized carbons (Fsp3) is 0.875. The minimum absolute atomic E-state index is 0.214. The van der Waals surface area contributed by atoms with Crippen LogP contribution in [0.4, 0.5) is 0 Å². The van der Waals surface area contributed by atoms with Gasteiger partial charge in [-0.25, -0.2) is 0 Å². The predicted octanol–water partition coefficient (Wildman–Crippen LogP) is 0.654. The largest absolute Gasteiger partial charge is 0.343 e. The van der Waals surface area contributed by atoms with Crippen molar-refractivity contribution >= 4 is 17.7 Å². The molecule has 0 aromatic rings. The molecular weight excluding hydrogens is 174 g/mol. The first kappa shape index (κ1) is 7.21. The van der Waals surface area contributed by atoms with Crippen LogP contribution in [-0.4, -0.2) is 34.3 Å². The number of nitrogens with zero attached hydrogens (tertiary/aromatic N) is 1. The molecule has 0 aromatic carbocycles. The third-order valence-electron chi connectivity index (χ3n) is 3.46. The highest BCUT2D eigenvalue weighted by Crippen LogP contribution is 2.71. The maximum Gasteiger partial charge on any atom is 0.238 e. The first-order valence-electron chi connectivity index (χ1n) is 4.27. The summed E-state index contributed by atoms with van der Waals surface area (Å²) < 4.78 is 5.65. The van der Waals surface area contributed by atoms with Crippen LogP contribution in [0, 0.1) is 5.41 Å². The monoisotopic (exact) mass is 185 g/mol. The van der Waals surface area contributed by atoms with Gasteiger partial charge < -0.3 is 9.64 Å². The quantitative estimate of drug-likeness (QED) is 0.519. The van der Waals surface area contributed by atoms with E-state index in [4.69, 9.17) is 4.74 Å². The molecule has 0 aliphatic carbocycles. The topological polar surface area (TPSA) is 29.5 Å². The second kappa shape index (κ2) is 1.68. The van der Waals surface area contributed by atoms with E-state index in [0.717, 1.165) is 6.54 Å². The molecule has 0 bridgehead atoms. The summed E-state index contributed by atoms with van der Waals surface area (Å²) in [5.41, 5.74) is -0.214. The lowest BCUT2D eigenvalue weighted by Crippen LogP contribution is -2.82. The van der Waals surface area contributed by atoms with Crippen LogP contribution in [0.2, 0.25) is 0 Å². The molecule has 3 aliphatic heterocycles. The number of hydrogen-bond donors (Lipinski definition) is 0. The lowest BCUT2D eigenvalue weighted by molar-refractivity contribution is -0.212. The van der Waals surface area contributed by atoms with Crippen molar-refractivity contribution in [1.82, 2.24) is 4.90 Å². The van der Waals surface area contributed by atoms with Crippen LogP contribution < -0.4 is 0 Å². The van der Waals surface area contributed by atoms with Gasteiger partial charge in [0, 0.05) is 11.8 Å². The zero-order chi connectivity index (χ0) is 8.56. The Bertz CT molecular complexity index is 282. The van der Waals surface area contributed by atoms with E-state index >= 15 is 0 Å².